The van der Waals surface area contributed by atoms with Gasteiger partial charge in [0.25, 0.3) is 0 Å². The lowest BCUT2D eigenvalue weighted by atomic mass is 9.92. The lowest BCUT2D eigenvalue weighted by Crippen LogP contribution is -2.41. The van der Waals surface area contributed by atoms with E-state index in [1.54, 1.807) is 11.1 Å². The molecule has 1 aliphatic carbocycles. The van der Waals surface area contributed by atoms with Gasteiger partial charge in [-0.05, 0) is 79.4 Å². The Balaban J connectivity index is 1.43. The highest BCUT2D eigenvalue weighted by atomic mass is 35.5. The average molecular weight is 644 g/mol. The standard InChI is InChI=1S/C33H46ClN5O6/c1-32(2,3)44-30(40)37-25-19-24(21-10-13-39(14-11-21)31(41)45-33(4,5)6)36-27(22-7-8-22)28(25)43-20-23-26(9-12-35-29(23)34)38-15-17-42-18-16-38/h9,12,19,21-22H,7-8,10-11,13-18,20H2,1-6H3,(H,36,37,40). The second-order valence-electron chi connectivity index (χ2n) is 13.9. The summed E-state index contributed by atoms with van der Waals surface area (Å²) in [7, 11) is 0. The van der Waals surface area contributed by atoms with Crippen molar-refractivity contribution in [1.29, 1.82) is 0 Å². The van der Waals surface area contributed by atoms with Gasteiger partial charge in [0.15, 0.2) is 5.75 Å². The number of hydrogen-bond acceptors (Lipinski definition) is 9. The van der Waals surface area contributed by atoms with E-state index in [2.05, 4.69) is 15.2 Å². The van der Waals surface area contributed by atoms with Crippen molar-refractivity contribution in [1.82, 2.24) is 14.9 Å². The molecule has 4 heterocycles. The van der Waals surface area contributed by atoms with Gasteiger partial charge in [0.05, 0.1) is 30.2 Å². The molecule has 2 aliphatic heterocycles. The monoisotopic (exact) mass is 643 g/mol. The Morgan fingerprint density at radius 2 is 1.64 bits per heavy atom. The molecule has 3 fully saturated rings. The largest absolute Gasteiger partial charge is 0.485 e. The summed E-state index contributed by atoms with van der Waals surface area (Å²) in [6.07, 6.45) is 4.28. The number of anilines is 2. The first-order chi connectivity index (χ1) is 21.3. The predicted octanol–water partition coefficient (Wildman–Crippen LogP) is 6.88. The number of carbonyl (C=O) groups is 2. The van der Waals surface area contributed by atoms with Crippen LogP contribution in [-0.4, -0.2) is 77.6 Å². The van der Waals surface area contributed by atoms with Crippen molar-refractivity contribution in [2.24, 2.45) is 0 Å². The third kappa shape index (κ3) is 8.91. The number of hydrogen-bond donors (Lipinski definition) is 1. The molecule has 2 saturated heterocycles. The van der Waals surface area contributed by atoms with Crippen molar-refractivity contribution in [3.8, 4) is 5.75 Å². The zero-order valence-corrected chi connectivity index (χ0v) is 28.0. The van der Waals surface area contributed by atoms with Gasteiger partial charge in [0.2, 0.25) is 0 Å². The van der Waals surface area contributed by atoms with Crippen LogP contribution in [0.1, 0.15) is 96.0 Å². The van der Waals surface area contributed by atoms with Crippen LogP contribution in [0.4, 0.5) is 21.0 Å². The number of aromatic nitrogens is 2. The Hall–Kier alpha value is -3.31. The second kappa shape index (κ2) is 13.6. The molecule has 3 aliphatic rings. The van der Waals surface area contributed by atoms with Gasteiger partial charge in [0, 0.05) is 55.6 Å². The van der Waals surface area contributed by atoms with Gasteiger partial charge in [-0.15, -0.1) is 0 Å². The number of pyridine rings is 2. The van der Waals surface area contributed by atoms with Gasteiger partial charge in [-0.1, -0.05) is 11.6 Å². The van der Waals surface area contributed by atoms with E-state index in [-0.39, 0.29) is 24.5 Å². The molecular formula is C33H46ClN5O6. The molecule has 0 spiro atoms. The molecule has 0 aromatic carbocycles. The van der Waals surface area contributed by atoms with Crippen LogP contribution in [0.15, 0.2) is 18.3 Å². The minimum absolute atomic E-state index is 0.107. The number of halogens is 1. The first-order valence-electron chi connectivity index (χ1n) is 15.9. The Bertz CT molecular complexity index is 1370. The summed E-state index contributed by atoms with van der Waals surface area (Å²) in [6.45, 7) is 15.1. The number of nitrogens with one attached hydrogen (secondary N) is 1. The predicted molar refractivity (Wildman–Crippen MR) is 172 cm³/mol. The number of rotatable bonds is 7. The normalized spacial score (nSPS) is 18.0. The quantitative estimate of drug-likeness (QED) is 0.322. The molecule has 0 radical (unpaired) electrons. The zero-order valence-electron chi connectivity index (χ0n) is 27.3. The van der Waals surface area contributed by atoms with E-state index in [0.717, 1.165) is 61.4 Å². The van der Waals surface area contributed by atoms with Crippen LogP contribution >= 0.6 is 11.6 Å². The number of amides is 2. The van der Waals surface area contributed by atoms with Crippen LogP contribution in [0.5, 0.6) is 5.75 Å². The Morgan fingerprint density at radius 1 is 0.978 bits per heavy atom. The molecule has 2 amide bonds. The SMILES string of the molecule is CC(C)(C)OC(=O)Nc1cc(C2CCN(C(=O)OC(C)(C)C)CC2)nc(C2CC2)c1OCc1c(N2CCOCC2)ccnc1Cl. The third-order valence-corrected chi connectivity index (χ3v) is 8.20. The molecule has 5 rings (SSSR count). The van der Waals surface area contributed by atoms with Crippen LogP contribution in [0, 0.1) is 0 Å². The fourth-order valence-electron chi connectivity index (χ4n) is 5.59. The molecule has 12 heteroatoms. The maximum Gasteiger partial charge on any atom is 0.412 e. The number of nitrogens with zero attached hydrogens (tertiary/aromatic N) is 4. The molecular weight excluding hydrogens is 598 g/mol. The third-order valence-electron chi connectivity index (χ3n) is 7.87. The molecule has 2 aromatic heterocycles. The minimum atomic E-state index is -0.676. The lowest BCUT2D eigenvalue weighted by molar-refractivity contribution is 0.0203. The fraction of sp³-hybridized carbons (Fsp3) is 0.636. The maximum absolute atomic E-state index is 13.1. The van der Waals surface area contributed by atoms with E-state index >= 15 is 0 Å². The highest BCUT2D eigenvalue weighted by Gasteiger charge is 2.34. The van der Waals surface area contributed by atoms with Gasteiger partial charge < -0.3 is 28.7 Å². The van der Waals surface area contributed by atoms with Crippen LogP contribution in [0.2, 0.25) is 5.15 Å². The van der Waals surface area contributed by atoms with E-state index in [0.29, 0.717) is 42.9 Å². The molecule has 0 bridgehead atoms. The zero-order chi connectivity index (χ0) is 32.4. The number of likely N-dealkylation sites (tertiary alicyclic amines) is 1. The highest BCUT2D eigenvalue weighted by molar-refractivity contribution is 6.30. The first kappa shape index (κ1) is 33.1. The van der Waals surface area contributed by atoms with E-state index in [1.165, 1.54) is 0 Å². The molecule has 11 nitrogen and oxygen atoms in total. The van der Waals surface area contributed by atoms with Crippen LogP contribution in [0.3, 0.4) is 0 Å². The van der Waals surface area contributed by atoms with Crippen molar-refractivity contribution < 1.29 is 28.5 Å². The van der Waals surface area contributed by atoms with E-state index in [9.17, 15) is 9.59 Å². The van der Waals surface area contributed by atoms with Crippen LogP contribution in [0.25, 0.3) is 0 Å². The van der Waals surface area contributed by atoms with Crippen molar-refractivity contribution in [3.05, 3.63) is 40.4 Å². The van der Waals surface area contributed by atoms with Crippen molar-refractivity contribution in [3.63, 3.8) is 0 Å². The van der Waals surface area contributed by atoms with Gasteiger partial charge in [-0.2, -0.15) is 0 Å². The molecule has 0 atom stereocenters. The smallest absolute Gasteiger partial charge is 0.412 e. The Kier molecular flexibility index (Phi) is 9.98. The van der Waals surface area contributed by atoms with Crippen LogP contribution < -0.4 is 15.0 Å². The summed E-state index contributed by atoms with van der Waals surface area (Å²) in [5, 5.41) is 3.34. The molecule has 1 N–H and O–H groups in total. The summed E-state index contributed by atoms with van der Waals surface area (Å²) in [5.74, 6) is 0.852. The second-order valence-corrected chi connectivity index (χ2v) is 14.3. The summed E-state index contributed by atoms with van der Waals surface area (Å²) in [5.41, 5.74) is 2.70. The summed E-state index contributed by atoms with van der Waals surface area (Å²) in [4.78, 5) is 39.2. The van der Waals surface area contributed by atoms with Crippen LogP contribution in [-0.2, 0) is 20.8 Å². The average Bonchev–Trinajstić information content (AvgIpc) is 3.81. The van der Waals surface area contributed by atoms with E-state index < -0.39 is 17.3 Å². The van der Waals surface area contributed by atoms with Gasteiger partial charge in [-0.3, -0.25) is 10.3 Å². The van der Waals surface area contributed by atoms with E-state index in [4.69, 9.17) is 35.5 Å². The van der Waals surface area contributed by atoms with Gasteiger partial charge >= 0.3 is 12.2 Å². The number of carbonyl (C=O) groups excluding carboxylic acids is 2. The molecule has 1 saturated carbocycles. The van der Waals surface area contributed by atoms with E-state index in [1.807, 2.05) is 53.7 Å². The molecule has 0 unspecified atom stereocenters. The molecule has 45 heavy (non-hydrogen) atoms. The maximum atomic E-state index is 13.1. The first-order valence-corrected chi connectivity index (χ1v) is 16.3. The van der Waals surface area contributed by atoms with Gasteiger partial charge in [0.1, 0.15) is 23.0 Å². The Labute approximate surface area is 270 Å². The summed E-state index contributed by atoms with van der Waals surface area (Å²) < 4.78 is 23.3. The lowest BCUT2D eigenvalue weighted by Gasteiger charge is -2.33. The van der Waals surface area contributed by atoms with Gasteiger partial charge in [-0.25, -0.2) is 14.6 Å². The van der Waals surface area contributed by atoms with Crippen molar-refractivity contribution in [2.45, 2.75) is 96.9 Å². The fourth-order valence-corrected chi connectivity index (χ4v) is 5.80. The molecule has 246 valence electrons. The minimum Gasteiger partial charge on any atom is -0.485 e. The van der Waals surface area contributed by atoms with Crippen molar-refractivity contribution in [2.75, 3.05) is 49.6 Å². The topological polar surface area (TPSA) is 115 Å². The van der Waals surface area contributed by atoms with Crippen molar-refractivity contribution >= 4 is 35.2 Å². The number of ether oxygens (including phenoxy) is 4. The highest BCUT2D eigenvalue weighted by Crippen LogP contribution is 2.47. The number of piperidine rings is 1. The number of morpholine rings is 1. The molecule has 2 aromatic rings. The summed E-state index contributed by atoms with van der Waals surface area (Å²) >= 11 is 6.63. The summed E-state index contributed by atoms with van der Waals surface area (Å²) in [6, 6.07) is 3.84. The Morgan fingerprint density at radius 3 is 2.27 bits per heavy atom.